The van der Waals surface area contributed by atoms with Crippen LogP contribution in [0.25, 0.3) is 0 Å². The minimum absolute atomic E-state index is 0.0574. The summed E-state index contributed by atoms with van der Waals surface area (Å²) in [7, 11) is 0. The number of nitrogens with one attached hydrogen (secondary N) is 1. The molecule has 0 saturated carbocycles. The maximum absolute atomic E-state index is 12.0. The van der Waals surface area contributed by atoms with E-state index < -0.39 is 0 Å². The first kappa shape index (κ1) is 15.9. The topological polar surface area (TPSA) is 55.1 Å². The van der Waals surface area contributed by atoms with Crippen LogP contribution in [0.3, 0.4) is 0 Å². The van der Waals surface area contributed by atoms with Crippen LogP contribution in [0.1, 0.15) is 17.5 Å². The third-order valence-corrected chi connectivity index (χ3v) is 4.18. The Morgan fingerprint density at radius 2 is 2.10 bits per heavy atom. The lowest BCUT2D eigenvalue weighted by Gasteiger charge is -2.10. The van der Waals surface area contributed by atoms with Crippen LogP contribution in [-0.2, 0) is 11.2 Å². The summed E-state index contributed by atoms with van der Waals surface area (Å²) in [6, 6.07) is 11.2. The summed E-state index contributed by atoms with van der Waals surface area (Å²) in [6.07, 6.45) is 1.04. The zero-order chi connectivity index (χ0) is 15.4. The highest BCUT2D eigenvalue weighted by molar-refractivity contribution is 9.10. The van der Waals surface area contributed by atoms with E-state index in [4.69, 9.17) is 17.3 Å². The van der Waals surface area contributed by atoms with Crippen molar-refractivity contribution in [2.45, 2.75) is 19.8 Å². The molecule has 2 aromatic carbocycles. The average molecular weight is 368 g/mol. The predicted molar refractivity (Wildman–Crippen MR) is 91.7 cm³/mol. The van der Waals surface area contributed by atoms with E-state index in [1.54, 1.807) is 6.07 Å². The van der Waals surface area contributed by atoms with E-state index in [1.165, 1.54) is 0 Å². The second kappa shape index (κ2) is 6.96. The van der Waals surface area contributed by atoms with E-state index in [9.17, 15) is 4.79 Å². The van der Waals surface area contributed by atoms with Crippen molar-refractivity contribution in [2.75, 3.05) is 11.1 Å². The van der Waals surface area contributed by atoms with Crippen molar-refractivity contribution in [2.24, 2.45) is 0 Å². The highest BCUT2D eigenvalue weighted by Crippen LogP contribution is 2.29. The van der Waals surface area contributed by atoms with Gasteiger partial charge in [-0.05, 0) is 64.7 Å². The smallest absolute Gasteiger partial charge is 0.224 e. The van der Waals surface area contributed by atoms with Gasteiger partial charge >= 0.3 is 0 Å². The largest absolute Gasteiger partial charge is 0.399 e. The fraction of sp³-hybridized carbons (Fsp3) is 0.188. The number of nitrogen functional groups attached to an aromatic ring is 1. The Morgan fingerprint density at radius 3 is 2.81 bits per heavy atom. The standard InChI is InChI=1S/C16H16BrClN2O/c1-10-7-13(17)15(9-14(10)18)20-16(21)6-5-11-3-2-4-12(19)8-11/h2-4,7-9H,5-6,19H2,1H3,(H,20,21). The summed E-state index contributed by atoms with van der Waals surface area (Å²) >= 11 is 9.50. The van der Waals surface area contributed by atoms with E-state index in [0.29, 0.717) is 29.2 Å². The van der Waals surface area contributed by atoms with Crippen LogP contribution >= 0.6 is 27.5 Å². The number of benzene rings is 2. The molecular formula is C16H16BrClN2O. The SMILES string of the molecule is Cc1cc(Br)c(NC(=O)CCc2cccc(N)c2)cc1Cl. The lowest BCUT2D eigenvalue weighted by molar-refractivity contribution is -0.116. The second-order valence-electron chi connectivity index (χ2n) is 4.87. The molecule has 5 heteroatoms. The van der Waals surface area contributed by atoms with Gasteiger partial charge in [-0.25, -0.2) is 0 Å². The number of amides is 1. The Hall–Kier alpha value is -1.52. The zero-order valence-electron chi connectivity index (χ0n) is 11.6. The molecule has 2 rings (SSSR count). The molecule has 0 fully saturated rings. The fourth-order valence-corrected chi connectivity index (χ4v) is 2.68. The quantitative estimate of drug-likeness (QED) is 0.778. The second-order valence-corrected chi connectivity index (χ2v) is 6.14. The van der Waals surface area contributed by atoms with Gasteiger partial charge in [-0.3, -0.25) is 4.79 Å². The molecule has 0 atom stereocenters. The van der Waals surface area contributed by atoms with Gasteiger partial charge in [-0.1, -0.05) is 23.7 Å². The monoisotopic (exact) mass is 366 g/mol. The maximum atomic E-state index is 12.0. The van der Waals surface area contributed by atoms with Crippen LogP contribution in [0.4, 0.5) is 11.4 Å². The zero-order valence-corrected chi connectivity index (χ0v) is 14.0. The molecule has 0 aromatic heterocycles. The molecule has 0 aliphatic heterocycles. The van der Waals surface area contributed by atoms with Crippen molar-refractivity contribution >= 4 is 44.8 Å². The van der Waals surface area contributed by atoms with E-state index in [1.807, 2.05) is 37.3 Å². The fourth-order valence-electron chi connectivity index (χ4n) is 1.96. The van der Waals surface area contributed by atoms with Gasteiger partial charge in [0.25, 0.3) is 0 Å². The first-order chi connectivity index (χ1) is 9.95. The number of hydrogen-bond acceptors (Lipinski definition) is 2. The summed E-state index contributed by atoms with van der Waals surface area (Å²) in [5, 5.41) is 3.49. The number of aryl methyl sites for hydroxylation is 2. The Kier molecular flexibility index (Phi) is 5.26. The lowest BCUT2D eigenvalue weighted by atomic mass is 10.1. The molecule has 0 bridgehead atoms. The van der Waals surface area contributed by atoms with E-state index in [-0.39, 0.29) is 5.91 Å². The average Bonchev–Trinajstić information content (AvgIpc) is 2.43. The summed E-state index contributed by atoms with van der Waals surface area (Å²) in [5.41, 5.74) is 9.12. The molecule has 2 aromatic rings. The van der Waals surface area contributed by atoms with Crippen LogP contribution in [0.2, 0.25) is 5.02 Å². The molecule has 110 valence electrons. The summed E-state index contributed by atoms with van der Waals surface area (Å²) in [5.74, 6) is -0.0574. The number of nitrogens with two attached hydrogens (primary N) is 1. The summed E-state index contributed by atoms with van der Waals surface area (Å²) in [4.78, 5) is 12.0. The van der Waals surface area contributed by atoms with E-state index in [2.05, 4.69) is 21.2 Å². The number of carbonyl (C=O) groups excluding carboxylic acids is 1. The Morgan fingerprint density at radius 1 is 1.33 bits per heavy atom. The van der Waals surface area contributed by atoms with Crippen molar-refractivity contribution in [3.63, 3.8) is 0 Å². The molecule has 1 amide bonds. The molecule has 0 unspecified atom stereocenters. The summed E-state index contributed by atoms with van der Waals surface area (Å²) < 4.78 is 0.821. The van der Waals surface area contributed by atoms with Gasteiger partial charge in [-0.15, -0.1) is 0 Å². The van der Waals surface area contributed by atoms with Gasteiger partial charge in [0.05, 0.1) is 5.69 Å². The van der Waals surface area contributed by atoms with E-state index >= 15 is 0 Å². The van der Waals surface area contributed by atoms with Gasteiger partial charge < -0.3 is 11.1 Å². The van der Waals surface area contributed by atoms with Crippen molar-refractivity contribution in [3.05, 3.63) is 57.0 Å². The van der Waals surface area contributed by atoms with Crippen LogP contribution < -0.4 is 11.1 Å². The first-order valence-electron chi connectivity index (χ1n) is 6.55. The molecular weight excluding hydrogens is 352 g/mol. The van der Waals surface area contributed by atoms with Gasteiger partial charge in [0.1, 0.15) is 0 Å². The van der Waals surface area contributed by atoms with Crippen molar-refractivity contribution in [1.82, 2.24) is 0 Å². The highest BCUT2D eigenvalue weighted by atomic mass is 79.9. The number of rotatable bonds is 4. The Labute approximate surface area is 137 Å². The molecule has 0 aliphatic rings. The van der Waals surface area contributed by atoms with Gasteiger partial charge in [0.2, 0.25) is 5.91 Å². The summed E-state index contributed by atoms with van der Waals surface area (Å²) in [6.45, 7) is 1.92. The third-order valence-electron chi connectivity index (χ3n) is 3.11. The van der Waals surface area contributed by atoms with Crippen LogP contribution in [0.15, 0.2) is 40.9 Å². The Bertz CT molecular complexity index is 673. The maximum Gasteiger partial charge on any atom is 0.224 e. The van der Waals surface area contributed by atoms with Crippen LogP contribution in [0.5, 0.6) is 0 Å². The normalized spacial score (nSPS) is 10.4. The molecule has 3 nitrogen and oxygen atoms in total. The van der Waals surface area contributed by atoms with Crippen LogP contribution in [0, 0.1) is 6.92 Å². The van der Waals surface area contributed by atoms with Gasteiger partial charge in [0.15, 0.2) is 0 Å². The minimum Gasteiger partial charge on any atom is -0.399 e. The molecule has 0 aliphatic carbocycles. The lowest BCUT2D eigenvalue weighted by Crippen LogP contribution is -2.13. The molecule has 0 spiro atoms. The highest BCUT2D eigenvalue weighted by Gasteiger charge is 2.08. The molecule has 0 heterocycles. The third kappa shape index (κ3) is 4.48. The van der Waals surface area contributed by atoms with Crippen molar-refractivity contribution in [1.29, 1.82) is 0 Å². The van der Waals surface area contributed by atoms with Crippen molar-refractivity contribution in [3.8, 4) is 0 Å². The van der Waals surface area contributed by atoms with E-state index in [0.717, 1.165) is 15.6 Å². The van der Waals surface area contributed by atoms with Crippen LogP contribution in [-0.4, -0.2) is 5.91 Å². The minimum atomic E-state index is -0.0574. The van der Waals surface area contributed by atoms with Gasteiger partial charge in [-0.2, -0.15) is 0 Å². The van der Waals surface area contributed by atoms with Gasteiger partial charge in [0, 0.05) is 21.6 Å². The number of hydrogen-bond donors (Lipinski definition) is 2. The Balaban J connectivity index is 1.97. The van der Waals surface area contributed by atoms with Crippen molar-refractivity contribution < 1.29 is 4.79 Å². The predicted octanol–water partition coefficient (Wildman–Crippen LogP) is 4.56. The first-order valence-corrected chi connectivity index (χ1v) is 7.72. The number of halogens is 2. The molecule has 21 heavy (non-hydrogen) atoms. The number of carbonyl (C=O) groups is 1. The number of anilines is 2. The molecule has 0 radical (unpaired) electrons. The molecule has 0 saturated heterocycles. The molecule has 3 N–H and O–H groups in total.